The summed E-state index contributed by atoms with van der Waals surface area (Å²) in [6.45, 7) is 8.06. The van der Waals surface area contributed by atoms with Gasteiger partial charge in [-0.25, -0.2) is 4.98 Å². The smallest absolute Gasteiger partial charge is 0.224 e. The zero-order valence-electron chi connectivity index (χ0n) is 17.7. The standard InChI is InChI=1S/C22H27N5O3/c1-4-19-22(16(3)25-30-19)18-7-5-6-17(23-18)20-14-26(12-13-29-20)21(28)9-11-27-10-8-15(2)24-27/h5-8,10,20H,4,9,11-14H2,1-3H3/t20-/m1/s1. The van der Waals surface area contributed by atoms with Crippen LogP contribution in [0.1, 0.15) is 42.3 Å². The summed E-state index contributed by atoms with van der Waals surface area (Å²) in [5, 5.41) is 8.43. The molecule has 1 amide bonds. The first-order valence-electron chi connectivity index (χ1n) is 10.4. The number of hydrogen-bond donors (Lipinski definition) is 0. The molecule has 4 heterocycles. The van der Waals surface area contributed by atoms with E-state index in [2.05, 4.69) is 10.3 Å². The highest BCUT2D eigenvalue weighted by Gasteiger charge is 2.27. The van der Waals surface area contributed by atoms with E-state index < -0.39 is 0 Å². The molecule has 0 aromatic carbocycles. The molecular formula is C22H27N5O3. The zero-order chi connectivity index (χ0) is 21.1. The Kier molecular flexibility index (Phi) is 5.94. The maximum absolute atomic E-state index is 12.7. The van der Waals surface area contributed by atoms with Gasteiger partial charge in [-0.15, -0.1) is 0 Å². The number of aromatic nitrogens is 4. The van der Waals surface area contributed by atoms with Crippen molar-refractivity contribution in [3.63, 3.8) is 0 Å². The summed E-state index contributed by atoms with van der Waals surface area (Å²) < 4.78 is 13.2. The molecular weight excluding hydrogens is 382 g/mol. The molecule has 30 heavy (non-hydrogen) atoms. The zero-order valence-corrected chi connectivity index (χ0v) is 17.7. The predicted molar refractivity (Wildman–Crippen MR) is 111 cm³/mol. The minimum Gasteiger partial charge on any atom is -0.368 e. The Hall–Kier alpha value is -3.00. The van der Waals surface area contributed by atoms with Crippen molar-refractivity contribution in [2.45, 2.75) is 46.3 Å². The molecule has 0 spiro atoms. The van der Waals surface area contributed by atoms with Crippen LogP contribution in [-0.2, 0) is 22.5 Å². The van der Waals surface area contributed by atoms with Crippen molar-refractivity contribution >= 4 is 5.91 Å². The number of carbonyl (C=O) groups is 1. The lowest BCUT2D eigenvalue weighted by Crippen LogP contribution is -2.42. The summed E-state index contributed by atoms with van der Waals surface area (Å²) in [7, 11) is 0. The molecule has 0 bridgehead atoms. The number of amides is 1. The first-order chi connectivity index (χ1) is 14.5. The van der Waals surface area contributed by atoms with E-state index in [1.54, 1.807) is 0 Å². The third-order valence-corrected chi connectivity index (χ3v) is 5.36. The molecule has 3 aromatic rings. The van der Waals surface area contributed by atoms with Crippen LogP contribution in [0.2, 0.25) is 0 Å². The molecule has 1 fully saturated rings. The van der Waals surface area contributed by atoms with Crippen LogP contribution in [0.4, 0.5) is 0 Å². The summed E-state index contributed by atoms with van der Waals surface area (Å²) in [4.78, 5) is 19.4. The quantitative estimate of drug-likeness (QED) is 0.622. The first kappa shape index (κ1) is 20.3. The van der Waals surface area contributed by atoms with E-state index in [1.165, 1.54) is 0 Å². The molecule has 0 saturated carbocycles. The molecule has 4 rings (SSSR count). The van der Waals surface area contributed by atoms with Crippen LogP contribution in [0.5, 0.6) is 0 Å². The second kappa shape index (κ2) is 8.79. The van der Waals surface area contributed by atoms with E-state index in [-0.39, 0.29) is 12.0 Å². The van der Waals surface area contributed by atoms with Crippen LogP contribution in [-0.4, -0.2) is 50.4 Å². The Bertz CT molecular complexity index is 1030. The van der Waals surface area contributed by atoms with Crippen LogP contribution >= 0.6 is 0 Å². The molecule has 0 unspecified atom stereocenters. The number of pyridine rings is 1. The van der Waals surface area contributed by atoms with Gasteiger partial charge in [-0.2, -0.15) is 5.10 Å². The largest absolute Gasteiger partial charge is 0.368 e. The molecule has 0 aliphatic carbocycles. The molecule has 158 valence electrons. The molecule has 0 radical (unpaired) electrons. The maximum atomic E-state index is 12.7. The van der Waals surface area contributed by atoms with Crippen LogP contribution in [0.25, 0.3) is 11.3 Å². The molecule has 1 aliphatic rings. The lowest BCUT2D eigenvalue weighted by atomic mass is 10.1. The monoisotopic (exact) mass is 409 g/mol. The van der Waals surface area contributed by atoms with Crippen LogP contribution in [0, 0.1) is 13.8 Å². The van der Waals surface area contributed by atoms with Gasteiger partial charge in [0.15, 0.2) is 0 Å². The Balaban J connectivity index is 1.45. The third-order valence-electron chi connectivity index (χ3n) is 5.36. The Labute approximate surface area is 175 Å². The van der Waals surface area contributed by atoms with Crippen LogP contribution < -0.4 is 0 Å². The molecule has 8 heteroatoms. The molecule has 1 saturated heterocycles. The van der Waals surface area contributed by atoms with Gasteiger partial charge in [0, 0.05) is 32.1 Å². The van der Waals surface area contributed by atoms with Crippen molar-refractivity contribution in [1.82, 2.24) is 24.8 Å². The lowest BCUT2D eigenvalue weighted by Gasteiger charge is -2.33. The number of carbonyl (C=O) groups excluding carboxylic acids is 1. The molecule has 1 aliphatic heterocycles. The number of morpholine rings is 1. The summed E-state index contributed by atoms with van der Waals surface area (Å²) in [6.07, 6.45) is 2.82. The van der Waals surface area contributed by atoms with E-state index >= 15 is 0 Å². The van der Waals surface area contributed by atoms with E-state index in [0.29, 0.717) is 32.7 Å². The lowest BCUT2D eigenvalue weighted by molar-refractivity contribution is -0.139. The average molecular weight is 409 g/mol. The number of nitrogens with zero attached hydrogens (tertiary/aromatic N) is 5. The van der Waals surface area contributed by atoms with E-state index in [1.807, 2.05) is 60.8 Å². The number of ether oxygens (including phenoxy) is 1. The number of aryl methyl sites for hydroxylation is 4. The van der Waals surface area contributed by atoms with Gasteiger partial charge in [-0.1, -0.05) is 18.1 Å². The van der Waals surface area contributed by atoms with Gasteiger partial charge >= 0.3 is 0 Å². The van der Waals surface area contributed by atoms with Gasteiger partial charge in [0.2, 0.25) is 5.91 Å². The summed E-state index contributed by atoms with van der Waals surface area (Å²) in [5.41, 5.74) is 4.36. The Morgan fingerprint density at radius 1 is 1.27 bits per heavy atom. The third kappa shape index (κ3) is 4.28. The molecule has 8 nitrogen and oxygen atoms in total. The van der Waals surface area contributed by atoms with E-state index in [4.69, 9.17) is 14.2 Å². The second-order valence-electron chi connectivity index (χ2n) is 7.54. The fourth-order valence-corrected chi connectivity index (χ4v) is 3.77. The average Bonchev–Trinajstić information content (AvgIpc) is 3.37. The van der Waals surface area contributed by atoms with Crippen molar-refractivity contribution in [2.75, 3.05) is 19.7 Å². The summed E-state index contributed by atoms with van der Waals surface area (Å²) >= 11 is 0. The van der Waals surface area contributed by atoms with Crippen molar-refractivity contribution in [2.24, 2.45) is 0 Å². The van der Waals surface area contributed by atoms with Crippen LogP contribution in [0.15, 0.2) is 35.0 Å². The predicted octanol–water partition coefficient (Wildman–Crippen LogP) is 3.10. The van der Waals surface area contributed by atoms with E-state index in [0.717, 1.165) is 40.5 Å². The van der Waals surface area contributed by atoms with Gasteiger partial charge < -0.3 is 14.2 Å². The fourth-order valence-electron chi connectivity index (χ4n) is 3.77. The van der Waals surface area contributed by atoms with Crippen molar-refractivity contribution in [3.05, 3.63) is 53.3 Å². The SMILES string of the molecule is CCc1onc(C)c1-c1cccc([C@H]2CN(C(=O)CCn3ccc(C)n3)CCO2)n1. The van der Waals surface area contributed by atoms with Crippen molar-refractivity contribution in [3.8, 4) is 11.3 Å². The Morgan fingerprint density at radius 3 is 2.90 bits per heavy atom. The highest BCUT2D eigenvalue weighted by Crippen LogP contribution is 2.29. The number of hydrogen-bond acceptors (Lipinski definition) is 6. The Morgan fingerprint density at radius 2 is 2.13 bits per heavy atom. The minimum atomic E-state index is -0.250. The highest BCUT2D eigenvalue weighted by atomic mass is 16.5. The van der Waals surface area contributed by atoms with Gasteiger partial charge in [-0.05, 0) is 32.0 Å². The first-order valence-corrected chi connectivity index (χ1v) is 10.4. The summed E-state index contributed by atoms with van der Waals surface area (Å²) in [6, 6.07) is 7.81. The van der Waals surface area contributed by atoms with E-state index in [9.17, 15) is 4.79 Å². The van der Waals surface area contributed by atoms with Crippen molar-refractivity contribution in [1.29, 1.82) is 0 Å². The fraction of sp³-hybridized carbons (Fsp3) is 0.455. The maximum Gasteiger partial charge on any atom is 0.224 e. The second-order valence-corrected chi connectivity index (χ2v) is 7.54. The van der Waals surface area contributed by atoms with Gasteiger partial charge in [0.1, 0.15) is 11.9 Å². The molecule has 1 atom stereocenters. The molecule has 3 aromatic heterocycles. The van der Waals surface area contributed by atoms with Gasteiger partial charge in [0.05, 0.1) is 41.5 Å². The molecule has 0 N–H and O–H groups in total. The minimum absolute atomic E-state index is 0.107. The van der Waals surface area contributed by atoms with Crippen LogP contribution in [0.3, 0.4) is 0 Å². The normalized spacial score (nSPS) is 16.8. The summed E-state index contributed by atoms with van der Waals surface area (Å²) in [5.74, 6) is 0.933. The number of rotatable bonds is 6. The van der Waals surface area contributed by atoms with Gasteiger partial charge in [-0.3, -0.25) is 9.48 Å². The van der Waals surface area contributed by atoms with Crippen molar-refractivity contribution < 1.29 is 14.1 Å². The topological polar surface area (TPSA) is 86.3 Å². The van der Waals surface area contributed by atoms with Gasteiger partial charge in [0.25, 0.3) is 0 Å². The highest BCUT2D eigenvalue weighted by molar-refractivity contribution is 5.76.